The van der Waals surface area contributed by atoms with Crippen LogP contribution in [0.4, 0.5) is 8.78 Å². The largest absolute Gasteiger partial charge is 0.491 e. The topological polar surface area (TPSA) is 47.6 Å². The molecule has 0 aliphatic carbocycles. The molecule has 0 aliphatic heterocycles. The normalized spacial score (nSPS) is 13.3. The quantitative estimate of drug-likeness (QED) is 0.523. The van der Waals surface area contributed by atoms with Crippen molar-refractivity contribution in [3.8, 4) is 5.75 Å². The molecule has 0 saturated heterocycles. The number of carbonyl (C=O) groups is 1. The average Bonchev–Trinajstić information content (AvgIpc) is 2.65. The minimum Gasteiger partial charge on any atom is -0.491 e. The van der Waals surface area contributed by atoms with Gasteiger partial charge < -0.3 is 9.47 Å². The van der Waals surface area contributed by atoms with Gasteiger partial charge in [0.15, 0.2) is 0 Å². The molecular formula is C19H21F2NO3S. The molecule has 140 valence electrons. The summed E-state index contributed by atoms with van der Waals surface area (Å²) in [5.74, 6) is -2.24. The lowest BCUT2D eigenvalue weighted by molar-refractivity contribution is -0.149. The number of thioether (sulfide) groups is 1. The first kappa shape index (κ1) is 20.2. The van der Waals surface area contributed by atoms with Gasteiger partial charge in [-0.05, 0) is 36.8 Å². The van der Waals surface area contributed by atoms with E-state index in [0.717, 1.165) is 5.56 Å². The van der Waals surface area contributed by atoms with Crippen molar-refractivity contribution in [3.05, 3.63) is 60.2 Å². The zero-order valence-corrected chi connectivity index (χ0v) is 15.4. The predicted octanol–water partition coefficient (Wildman–Crippen LogP) is 4.10. The number of benzene rings is 2. The number of nitrogens with one attached hydrogen (secondary N) is 1. The summed E-state index contributed by atoms with van der Waals surface area (Å²) in [4.78, 5) is 12.7. The van der Waals surface area contributed by atoms with Crippen molar-refractivity contribution in [1.82, 2.24) is 5.32 Å². The lowest BCUT2D eigenvalue weighted by Crippen LogP contribution is -2.54. The van der Waals surface area contributed by atoms with Gasteiger partial charge in [0.2, 0.25) is 0 Å². The van der Waals surface area contributed by atoms with Gasteiger partial charge in [-0.1, -0.05) is 42.1 Å². The van der Waals surface area contributed by atoms with E-state index < -0.39 is 17.3 Å². The Balaban J connectivity index is 1.99. The Labute approximate surface area is 155 Å². The highest BCUT2D eigenvalue weighted by atomic mass is 32.2. The number of hydrogen-bond donors (Lipinski definition) is 1. The molecule has 2 aromatic rings. The summed E-state index contributed by atoms with van der Waals surface area (Å²) in [6, 6.07) is 15.9. The minimum atomic E-state index is -2.45. The Morgan fingerprint density at radius 1 is 1.15 bits per heavy atom. The van der Waals surface area contributed by atoms with E-state index in [-0.39, 0.29) is 6.61 Å². The summed E-state index contributed by atoms with van der Waals surface area (Å²) in [6.07, 6.45) is 0. The minimum absolute atomic E-state index is 0.0863. The van der Waals surface area contributed by atoms with E-state index in [9.17, 15) is 13.6 Å². The zero-order valence-electron chi connectivity index (χ0n) is 14.6. The summed E-state index contributed by atoms with van der Waals surface area (Å²) in [5, 5.41) is 3.14. The van der Waals surface area contributed by atoms with Crippen LogP contribution in [0.25, 0.3) is 0 Å². The maximum atomic E-state index is 12.4. The summed E-state index contributed by atoms with van der Waals surface area (Å²) < 4.78 is 35.3. The molecule has 2 rings (SSSR count). The van der Waals surface area contributed by atoms with E-state index >= 15 is 0 Å². The van der Waals surface area contributed by atoms with Crippen molar-refractivity contribution >= 4 is 17.7 Å². The van der Waals surface area contributed by atoms with Crippen molar-refractivity contribution < 1.29 is 23.0 Å². The second-order valence-corrected chi connectivity index (χ2v) is 6.86. The Hall–Kier alpha value is -2.12. The standard InChI is InChI=1S/C19H21F2NO3S/c1-19(17(23)24-2,13-25-15-6-4-3-5-7-15)22-12-14-8-10-16(11-9-14)26-18(20)21/h3-11,18,22H,12-13H2,1-2H3. The maximum absolute atomic E-state index is 12.4. The molecule has 0 saturated carbocycles. The van der Waals surface area contributed by atoms with Gasteiger partial charge in [-0.3, -0.25) is 5.32 Å². The number of halogens is 2. The Kier molecular flexibility index (Phi) is 7.41. The van der Waals surface area contributed by atoms with Crippen molar-refractivity contribution in [1.29, 1.82) is 0 Å². The zero-order chi connectivity index (χ0) is 19.0. The molecular weight excluding hydrogens is 360 g/mol. The van der Waals surface area contributed by atoms with Gasteiger partial charge >= 0.3 is 5.97 Å². The molecule has 0 heterocycles. The summed E-state index contributed by atoms with van der Waals surface area (Å²) >= 11 is 0.497. The molecule has 0 aliphatic rings. The fourth-order valence-electron chi connectivity index (χ4n) is 2.24. The van der Waals surface area contributed by atoms with Crippen molar-refractivity contribution in [2.75, 3.05) is 13.7 Å². The van der Waals surface area contributed by atoms with Crippen LogP contribution >= 0.6 is 11.8 Å². The first-order chi connectivity index (χ1) is 12.4. The lowest BCUT2D eigenvalue weighted by atomic mass is 10.0. The number of para-hydroxylation sites is 1. The molecule has 1 unspecified atom stereocenters. The van der Waals surface area contributed by atoms with Gasteiger partial charge in [0.05, 0.1) is 7.11 Å². The highest BCUT2D eigenvalue weighted by Crippen LogP contribution is 2.25. The first-order valence-electron chi connectivity index (χ1n) is 7.98. The maximum Gasteiger partial charge on any atom is 0.329 e. The molecule has 0 spiro atoms. The molecule has 2 aromatic carbocycles. The Morgan fingerprint density at radius 3 is 2.38 bits per heavy atom. The first-order valence-corrected chi connectivity index (χ1v) is 8.86. The number of esters is 1. The van der Waals surface area contributed by atoms with Crippen LogP contribution in [0.3, 0.4) is 0 Å². The lowest BCUT2D eigenvalue weighted by Gasteiger charge is -2.28. The van der Waals surface area contributed by atoms with Crippen LogP contribution in [0.15, 0.2) is 59.5 Å². The highest BCUT2D eigenvalue weighted by molar-refractivity contribution is 7.99. The van der Waals surface area contributed by atoms with Gasteiger partial charge in [-0.2, -0.15) is 8.78 Å². The highest BCUT2D eigenvalue weighted by Gasteiger charge is 2.35. The van der Waals surface area contributed by atoms with Gasteiger partial charge in [-0.25, -0.2) is 4.79 Å². The van der Waals surface area contributed by atoms with Crippen LogP contribution in [0.2, 0.25) is 0 Å². The van der Waals surface area contributed by atoms with E-state index in [4.69, 9.17) is 9.47 Å². The van der Waals surface area contributed by atoms with E-state index in [1.54, 1.807) is 43.3 Å². The van der Waals surface area contributed by atoms with Crippen molar-refractivity contribution in [2.45, 2.75) is 29.7 Å². The molecule has 0 radical (unpaired) electrons. The van der Waals surface area contributed by atoms with Crippen molar-refractivity contribution in [3.63, 3.8) is 0 Å². The van der Waals surface area contributed by atoms with Crippen LogP contribution in [0.1, 0.15) is 12.5 Å². The van der Waals surface area contributed by atoms with E-state index in [2.05, 4.69) is 5.32 Å². The number of carbonyl (C=O) groups excluding carboxylic acids is 1. The monoisotopic (exact) mass is 381 g/mol. The number of alkyl halides is 2. The summed E-state index contributed by atoms with van der Waals surface area (Å²) in [7, 11) is 1.32. The number of methoxy groups -OCH3 is 1. The molecule has 0 fully saturated rings. The number of hydrogen-bond acceptors (Lipinski definition) is 5. The smallest absolute Gasteiger partial charge is 0.329 e. The van der Waals surface area contributed by atoms with Gasteiger partial charge in [-0.15, -0.1) is 0 Å². The van der Waals surface area contributed by atoms with Crippen LogP contribution in [0, 0.1) is 0 Å². The van der Waals surface area contributed by atoms with Crippen molar-refractivity contribution in [2.24, 2.45) is 0 Å². The molecule has 7 heteroatoms. The average molecular weight is 381 g/mol. The Bertz CT molecular complexity index is 698. The van der Waals surface area contributed by atoms with Crippen LogP contribution in [-0.4, -0.2) is 31.0 Å². The second kappa shape index (κ2) is 9.54. The van der Waals surface area contributed by atoms with Gasteiger partial charge in [0.1, 0.15) is 17.9 Å². The fourth-order valence-corrected chi connectivity index (χ4v) is 2.74. The number of rotatable bonds is 9. The molecule has 0 aromatic heterocycles. The van der Waals surface area contributed by atoms with Crippen LogP contribution < -0.4 is 10.1 Å². The molecule has 1 N–H and O–H groups in total. The third kappa shape index (κ3) is 6.00. The van der Waals surface area contributed by atoms with Crippen LogP contribution in [0.5, 0.6) is 5.75 Å². The molecule has 0 amide bonds. The SMILES string of the molecule is COC(=O)C(C)(COc1ccccc1)NCc1ccc(SC(F)F)cc1. The fraction of sp³-hybridized carbons (Fsp3) is 0.316. The second-order valence-electron chi connectivity index (χ2n) is 5.80. The van der Waals surface area contributed by atoms with Gasteiger partial charge in [0, 0.05) is 11.4 Å². The molecule has 0 bridgehead atoms. The summed E-state index contributed by atoms with van der Waals surface area (Å²) in [5.41, 5.74) is -0.195. The van der Waals surface area contributed by atoms with E-state index in [1.165, 1.54) is 7.11 Å². The van der Waals surface area contributed by atoms with E-state index in [1.807, 2.05) is 18.2 Å². The third-order valence-corrected chi connectivity index (χ3v) is 4.46. The van der Waals surface area contributed by atoms with E-state index in [0.29, 0.717) is 29.0 Å². The molecule has 26 heavy (non-hydrogen) atoms. The summed E-state index contributed by atoms with van der Waals surface area (Å²) in [6.45, 7) is 2.15. The number of ether oxygens (including phenoxy) is 2. The predicted molar refractivity (Wildman–Crippen MR) is 97.5 cm³/mol. The Morgan fingerprint density at radius 2 is 1.81 bits per heavy atom. The van der Waals surface area contributed by atoms with Gasteiger partial charge in [0.25, 0.3) is 5.76 Å². The molecule has 4 nitrogen and oxygen atoms in total. The third-order valence-electron chi connectivity index (χ3n) is 3.74. The molecule has 1 atom stereocenters. The van der Waals surface area contributed by atoms with Crippen LogP contribution in [-0.2, 0) is 16.1 Å².